The molecule has 2 aliphatic heterocycles. The van der Waals surface area contributed by atoms with Gasteiger partial charge in [-0.3, -0.25) is 19.1 Å². The number of carbonyl (C=O) groups excluding carboxylic acids is 3. The zero-order valence-corrected chi connectivity index (χ0v) is 20.5. The zero-order chi connectivity index (χ0) is 24.4. The molecule has 1 N–H and O–H groups in total. The van der Waals surface area contributed by atoms with Crippen LogP contribution in [0.15, 0.2) is 30.3 Å². The highest BCUT2D eigenvalue weighted by molar-refractivity contribution is 5.96. The topological polar surface area (TPSA) is 87.5 Å². The number of benzene rings is 1. The summed E-state index contributed by atoms with van der Waals surface area (Å²) in [6.07, 6.45) is 7.66. The molecule has 0 radical (unpaired) electrons. The van der Waals surface area contributed by atoms with Crippen LogP contribution >= 0.6 is 0 Å². The van der Waals surface area contributed by atoms with Crippen LogP contribution in [0.4, 0.5) is 5.69 Å². The third kappa shape index (κ3) is 4.97. The summed E-state index contributed by atoms with van der Waals surface area (Å²) in [4.78, 5) is 43.3. The van der Waals surface area contributed by atoms with Crippen molar-refractivity contribution in [1.82, 2.24) is 19.6 Å². The predicted octanol–water partition coefficient (Wildman–Crippen LogP) is 3.38. The summed E-state index contributed by atoms with van der Waals surface area (Å²) in [5.41, 5.74) is 3.12. The Balaban J connectivity index is 1.28. The van der Waals surface area contributed by atoms with E-state index in [2.05, 4.69) is 10.4 Å². The maximum atomic E-state index is 13.6. The van der Waals surface area contributed by atoms with Crippen LogP contribution in [-0.4, -0.2) is 56.9 Å². The third-order valence-electron chi connectivity index (χ3n) is 7.83. The fourth-order valence-electron chi connectivity index (χ4n) is 5.85. The van der Waals surface area contributed by atoms with Crippen LogP contribution in [0, 0.1) is 11.8 Å². The van der Waals surface area contributed by atoms with Gasteiger partial charge in [-0.05, 0) is 37.8 Å². The Morgan fingerprint density at radius 2 is 1.66 bits per heavy atom. The molecule has 3 heterocycles. The Morgan fingerprint density at radius 1 is 0.914 bits per heavy atom. The highest BCUT2D eigenvalue weighted by Crippen LogP contribution is 2.30. The highest BCUT2D eigenvalue weighted by atomic mass is 16.2. The molecular formula is C27H35N5O3. The van der Waals surface area contributed by atoms with Crippen molar-refractivity contribution in [2.75, 3.05) is 25.0 Å². The minimum Gasteiger partial charge on any atom is -0.338 e. The van der Waals surface area contributed by atoms with Crippen LogP contribution in [0.5, 0.6) is 0 Å². The number of aromatic nitrogens is 2. The number of aryl methyl sites for hydroxylation is 1. The monoisotopic (exact) mass is 477 g/mol. The summed E-state index contributed by atoms with van der Waals surface area (Å²) in [7, 11) is 1.88. The number of nitrogens with one attached hydrogen (secondary N) is 1. The number of hydrogen-bond acceptors (Lipinski definition) is 4. The Hall–Kier alpha value is -3.16. The molecule has 1 atom stereocenters. The molecule has 8 nitrogen and oxygen atoms in total. The Kier molecular flexibility index (Phi) is 6.88. The number of hydrogen-bond donors (Lipinski definition) is 1. The van der Waals surface area contributed by atoms with Gasteiger partial charge in [0, 0.05) is 62.5 Å². The van der Waals surface area contributed by atoms with E-state index in [1.807, 2.05) is 42.3 Å². The normalized spacial score (nSPS) is 20.9. The van der Waals surface area contributed by atoms with Crippen molar-refractivity contribution >= 4 is 23.4 Å². The number of fused-ring (bicyclic) bond motifs is 1. The van der Waals surface area contributed by atoms with E-state index in [1.165, 1.54) is 6.42 Å². The van der Waals surface area contributed by atoms with Crippen LogP contribution in [0.3, 0.4) is 0 Å². The van der Waals surface area contributed by atoms with Gasteiger partial charge < -0.3 is 15.1 Å². The molecule has 186 valence electrons. The molecule has 1 saturated heterocycles. The van der Waals surface area contributed by atoms with E-state index in [9.17, 15) is 14.4 Å². The fourth-order valence-corrected chi connectivity index (χ4v) is 5.85. The number of likely N-dealkylation sites (tertiary alicyclic amines) is 1. The van der Waals surface area contributed by atoms with Gasteiger partial charge in [-0.15, -0.1) is 0 Å². The van der Waals surface area contributed by atoms with Gasteiger partial charge in [-0.2, -0.15) is 5.10 Å². The number of rotatable bonds is 4. The minimum absolute atomic E-state index is 0.0546. The maximum absolute atomic E-state index is 13.6. The summed E-state index contributed by atoms with van der Waals surface area (Å²) in [6.45, 7) is 2.13. The molecule has 1 aromatic heterocycles. The Labute approximate surface area is 206 Å². The van der Waals surface area contributed by atoms with Crippen molar-refractivity contribution in [3.63, 3.8) is 0 Å². The molecule has 1 aromatic carbocycles. The zero-order valence-electron chi connectivity index (χ0n) is 20.5. The van der Waals surface area contributed by atoms with Gasteiger partial charge in [0.1, 0.15) is 0 Å². The largest absolute Gasteiger partial charge is 0.338 e. The van der Waals surface area contributed by atoms with Gasteiger partial charge in [0.05, 0.1) is 5.92 Å². The lowest BCUT2D eigenvalue weighted by molar-refractivity contribution is -0.137. The molecule has 35 heavy (non-hydrogen) atoms. The van der Waals surface area contributed by atoms with Crippen LogP contribution in [0.25, 0.3) is 0 Å². The first-order chi connectivity index (χ1) is 17.0. The number of anilines is 1. The minimum atomic E-state index is -0.253. The summed E-state index contributed by atoms with van der Waals surface area (Å²) >= 11 is 0. The molecule has 3 amide bonds. The second-order valence-corrected chi connectivity index (χ2v) is 10.2. The Bertz CT molecular complexity index is 1090. The molecule has 1 aliphatic carbocycles. The SMILES string of the molecule is Cn1nc(C(=O)N2CCC[C@@H](C(=O)Nc3ccccc3)C2)c2c1CCN(C(=O)C1CCCCC1)C2. The first-order valence-electron chi connectivity index (χ1n) is 13.0. The van der Waals surface area contributed by atoms with E-state index in [4.69, 9.17) is 0 Å². The van der Waals surface area contributed by atoms with E-state index in [-0.39, 0.29) is 29.6 Å². The first kappa shape index (κ1) is 23.6. The third-order valence-corrected chi connectivity index (χ3v) is 7.83. The number of carbonyl (C=O) groups is 3. The maximum Gasteiger partial charge on any atom is 0.274 e. The van der Waals surface area contributed by atoms with Crippen molar-refractivity contribution < 1.29 is 14.4 Å². The average molecular weight is 478 g/mol. The summed E-state index contributed by atoms with van der Waals surface area (Å²) in [6, 6.07) is 9.42. The van der Waals surface area contributed by atoms with Gasteiger partial charge in [0.2, 0.25) is 11.8 Å². The van der Waals surface area contributed by atoms with E-state index >= 15 is 0 Å². The van der Waals surface area contributed by atoms with Gasteiger partial charge >= 0.3 is 0 Å². The van der Waals surface area contributed by atoms with Gasteiger partial charge in [-0.25, -0.2) is 0 Å². The second-order valence-electron chi connectivity index (χ2n) is 10.2. The number of piperidine rings is 1. The smallest absolute Gasteiger partial charge is 0.274 e. The molecule has 3 aliphatic rings. The summed E-state index contributed by atoms with van der Waals surface area (Å²) < 4.78 is 1.80. The van der Waals surface area contributed by atoms with E-state index in [0.29, 0.717) is 38.3 Å². The van der Waals surface area contributed by atoms with E-state index in [0.717, 1.165) is 55.5 Å². The van der Waals surface area contributed by atoms with Crippen molar-refractivity contribution in [3.8, 4) is 0 Å². The van der Waals surface area contributed by atoms with Crippen molar-refractivity contribution in [2.24, 2.45) is 18.9 Å². The molecule has 0 unspecified atom stereocenters. The van der Waals surface area contributed by atoms with Crippen LogP contribution in [0.1, 0.15) is 66.7 Å². The lowest BCUT2D eigenvalue weighted by Gasteiger charge is -2.33. The molecule has 2 fully saturated rings. The molecule has 0 spiro atoms. The van der Waals surface area contributed by atoms with Crippen LogP contribution < -0.4 is 5.32 Å². The number of nitrogens with zero attached hydrogens (tertiary/aromatic N) is 4. The van der Waals surface area contributed by atoms with Gasteiger partial charge in [0.15, 0.2) is 5.69 Å². The Morgan fingerprint density at radius 3 is 2.43 bits per heavy atom. The van der Waals surface area contributed by atoms with Crippen molar-refractivity contribution in [2.45, 2.75) is 57.9 Å². The molecule has 0 bridgehead atoms. The van der Waals surface area contributed by atoms with Gasteiger partial charge in [0.25, 0.3) is 5.91 Å². The fraction of sp³-hybridized carbons (Fsp3) is 0.556. The lowest BCUT2D eigenvalue weighted by atomic mass is 9.87. The van der Waals surface area contributed by atoms with Gasteiger partial charge in [-0.1, -0.05) is 37.5 Å². The predicted molar refractivity (Wildman–Crippen MR) is 133 cm³/mol. The quantitative estimate of drug-likeness (QED) is 0.731. The summed E-state index contributed by atoms with van der Waals surface area (Å²) in [5.74, 6) is -0.0934. The molecule has 5 rings (SSSR count). The number of amides is 3. The first-order valence-corrected chi connectivity index (χ1v) is 13.0. The van der Waals surface area contributed by atoms with Crippen molar-refractivity contribution in [1.29, 1.82) is 0 Å². The van der Waals surface area contributed by atoms with Crippen molar-refractivity contribution in [3.05, 3.63) is 47.3 Å². The lowest BCUT2D eigenvalue weighted by Crippen LogP contribution is -2.45. The molecule has 8 heteroatoms. The molecular weight excluding hydrogens is 442 g/mol. The van der Waals surface area contributed by atoms with Crippen LogP contribution in [0.2, 0.25) is 0 Å². The second kappa shape index (κ2) is 10.2. The standard InChI is InChI=1S/C27H35N5O3/c1-30-23-14-16-32(26(34)19-9-4-2-5-10-19)18-22(23)24(29-30)27(35)31-15-8-11-20(17-31)25(33)28-21-12-6-3-7-13-21/h3,6-7,12-13,19-20H,2,4-5,8-11,14-18H2,1H3,(H,28,33)/t20-/m1/s1. The van der Waals surface area contributed by atoms with Crippen LogP contribution in [-0.2, 0) is 29.6 Å². The molecule has 1 saturated carbocycles. The highest BCUT2D eigenvalue weighted by Gasteiger charge is 2.35. The average Bonchev–Trinajstić information content (AvgIpc) is 3.24. The summed E-state index contributed by atoms with van der Waals surface area (Å²) in [5, 5.41) is 7.57. The van der Waals surface area contributed by atoms with E-state index < -0.39 is 0 Å². The molecule has 2 aromatic rings. The van der Waals surface area contributed by atoms with E-state index in [1.54, 1.807) is 9.58 Å². The number of para-hydroxylation sites is 1.